The minimum absolute atomic E-state index is 0.0959. The highest BCUT2D eigenvalue weighted by Crippen LogP contribution is 2.21. The fraction of sp³-hybridized carbons (Fsp3) is 0.636. The van der Waals surface area contributed by atoms with Crippen LogP contribution in [0.15, 0.2) is 12.2 Å². The molecule has 1 rings (SSSR count). The van der Waals surface area contributed by atoms with E-state index in [1.54, 1.807) is 7.05 Å². The molecule has 0 saturated heterocycles. The van der Waals surface area contributed by atoms with Gasteiger partial charge in [-0.1, -0.05) is 12.2 Å². The SMILES string of the molecule is CC(C(=O)O)N(C)C(=O)CC1C=CCC1. The lowest BCUT2D eigenvalue weighted by molar-refractivity contribution is -0.148. The summed E-state index contributed by atoms with van der Waals surface area (Å²) in [4.78, 5) is 23.6. The summed E-state index contributed by atoms with van der Waals surface area (Å²) in [5.41, 5.74) is 0. The van der Waals surface area contributed by atoms with E-state index >= 15 is 0 Å². The van der Waals surface area contributed by atoms with Gasteiger partial charge in [0.2, 0.25) is 5.91 Å². The predicted molar refractivity (Wildman–Crippen MR) is 56.3 cm³/mol. The molecule has 1 N–H and O–H groups in total. The second kappa shape index (κ2) is 4.96. The van der Waals surface area contributed by atoms with Gasteiger partial charge in [0.1, 0.15) is 6.04 Å². The number of allylic oxidation sites excluding steroid dienone is 2. The van der Waals surface area contributed by atoms with E-state index in [4.69, 9.17) is 5.11 Å². The Balaban J connectivity index is 2.45. The molecule has 0 aromatic rings. The van der Waals surface area contributed by atoms with Crippen molar-refractivity contribution in [2.45, 2.75) is 32.2 Å². The van der Waals surface area contributed by atoms with Crippen molar-refractivity contribution in [2.75, 3.05) is 7.05 Å². The van der Waals surface area contributed by atoms with E-state index in [9.17, 15) is 9.59 Å². The van der Waals surface area contributed by atoms with Gasteiger partial charge >= 0.3 is 5.97 Å². The van der Waals surface area contributed by atoms with E-state index in [1.807, 2.05) is 6.08 Å². The standard InChI is InChI=1S/C11H17NO3/c1-8(11(14)15)12(2)10(13)7-9-5-3-4-6-9/h3,5,8-9H,4,6-7H2,1-2H3,(H,14,15). The predicted octanol–water partition coefficient (Wildman–Crippen LogP) is 1.27. The highest BCUT2D eigenvalue weighted by atomic mass is 16.4. The average Bonchev–Trinajstić information content (AvgIpc) is 2.67. The molecule has 0 aliphatic heterocycles. The molecule has 1 amide bonds. The highest BCUT2D eigenvalue weighted by molar-refractivity contribution is 5.83. The lowest BCUT2D eigenvalue weighted by atomic mass is 10.0. The zero-order chi connectivity index (χ0) is 11.4. The van der Waals surface area contributed by atoms with Crippen molar-refractivity contribution in [2.24, 2.45) is 5.92 Å². The first-order valence-corrected chi connectivity index (χ1v) is 5.17. The Bertz CT molecular complexity index is 286. The van der Waals surface area contributed by atoms with Gasteiger partial charge in [-0.25, -0.2) is 4.79 Å². The van der Waals surface area contributed by atoms with E-state index in [0.29, 0.717) is 12.3 Å². The third kappa shape index (κ3) is 3.08. The van der Waals surface area contributed by atoms with E-state index < -0.39 is 12.0 Å². The van der Waals surface area contributed by atoms with Gasteiger partial charge in [0.15, 0.2) is 0 Å². The largest absolute Gasteiger partial charge is 0.480 e. The van der Waals surface area contributed by atoms with Crippen LogP contribution in [0.5, 0.6) is 0 Å². The fourth-order valence-electron chi connectivity index (χ4n) is 1.62. The third-order valence-electron chi connectivity index (χ3n) is 2.88. The summed E-state index contributed by atoms with van der Waals surface area (Å²) >= 11 is 0. The molecule has 0 fully saturated rings. The lowest BCUT2D eigenvalue weighted by Crippen LogP contribution is -2.40. The van der Waals surface area contributed by atoms with E-state index in [2.05, 4.69) is 6.08 Å². The van der Waals surface area contributed by atoms with Crippen LogP contribution in [0.3, 0.4) is 0 Å². The maximum atomic E-state index is 11.7. The normalized spacial score (nSPS) is 21.3. The number of carbonyl (C=O) groups excluding carboxylic acids is 1. The van der Waals surface area contributed by atoms with Crippen molar-refractivity contribution in [3.05, 3.63) is 12.2 Å². The summed E-state index contributed by atoms with van der Waals surface area (Å²) in [5.74, 6) is -0.768. The first-order valence-electron chi connectivity index (χ1n) is 5.17. The van der Waals surface area contributed by atoms with E-state index in [0.717, 1.165) is 12.8 Å². The molecule has 0 heterocycles. The Morgan fingerprint density at radius 3 is 2.73 bits per heavy atom. The number of nitrogens with zero attached hydrogens (tertiary/aromatic N) is 1. The summed E-state index contributed by atoms with van der Waals surface area (Å²) in [6, 6.07) is -0.747. The Morgan fingerprint density at radius 2 is 2.27 bits per heavy atom. The molecule has 1 aliphatic rings. The van der Waals surface area contributed by atoms with Gasteiger partial charge in [-0.05, 0) is 25.7 Å². The molecular formula is C11H17NO3. The summed E-state index contributed by atoms with van der Waals surface area (Å²) in [5, 5.41) is 8.75. The molecule has 0 aromatic heterocycles. The van der Waals surface area contributed by atoms with Gasteiger partial charge in [-0.2, -0.15) is 0 Å². The number of rotatable bonds is 4. The Hall–Kier alpha value is -1.32. The number of hydrogen-bond acceptors (Lipinski definition) is 2. The number of aliphatic carboxylic acids is 1. The summed E-state index contributed by atoms with van der Waals surface area (Å²) in [6.45, 7) is 1.52. The van der Waals surface area contributed by atoms with Gasteiger partial charge in [-0.15, -0.1) is 0 Å². The Kier molecular flexibility index (Phi) is 3.88. The van der Waals surface area contributed by atoms with Gasteiger partial charge in [0, 0.05) is 13.5 Å². The first-order chi connectivity index (χ1) is 7.02. The average molecular weight is 211 g/mol. The van der Waals surface area contributed by atoms with Crippen LogP contribution in [0.2, 0.25) is 0 Å². The molecule has 0 bridgehead atoms. The minimum atomic E-state index is -0.965. The second-order valence-electron chi connectivity index (χ2n) is 3.99. The van der Waals surface area contributed by atoms with Crippen LogP contribution in [0.25, 0.3) is 0 Å². The van der Waals surface area contributed by atoms with Gasteiger partial charge in [0.25, 0.3) is 0 Å². The number of amides is 1. The topological polar surface area (TPSA) is 57.6 Å². The molecule has 0 saturated carbocycles. The van der Waals surface area contributed by atoms with Crippen molar-refractivity contribution in [3.8, 4) is 0 Å². The molecular weight excluding hydrogens is 194 g/mol. The first kappa shape index (κ1) is 11.8. The van der Waals surface area contributed by atoms with Crippen molar-refractivity contribution in [1.82, 2.24) is 4.90 Å². The van der Waals surface area contributed by atoms with Crippen molar-refractivity contribution in [3.63, 3.8) is 0 Å². The molecule has 0 spiro atoms. The van der Waals surface area contributed by atoms with Crippen molar-refractivity contribution >= 4 is 11.9 Å². The number of likely N-dealkylation sites (N-methyl/N-ethyl adjacent to an activating group) is 1. The maximum absolute atomic E-state index is 11.7. The molecule has 0 radical (unpaired) electrons. The van der Waals surface area contributed by atoms with E-state index in [-0.39, 0.29) is 5.91 Å². The van der Waals surface area contributed by atoms with Gasteiger partial charge < -0.3 is 10.0 Å². The van der Waals surface area contributed by atoms with Gasteiger partial charge in [0.05, 0.1) is 0 Å². The minimum Gasteiger partial charge on any atom is -0.480 e. The van der Waals surface area contributed by atoms with Crippen LogP contribution in [-0.2, 0) is 9.59 Å². The highest BCUT2D eigenvalue weighted by Gasteiger charge is 2.23. The molecule has 2 unspecified atom stereocenters. The third-order valence-corrected chi connectivity index (χ3v) is 2.88. The van der Waals surface area contributed by atoms with Crippen molar-refractivity contribution < 1.29 is 14.7 Å². The van der Waals surface area contributed by atoms with Crippen LogP contribution in [0, 0.1) is 5.92 Å². The zero-order valence-electron chi connectivity index (χ0n) is 9.14. The number of carbonyl (C=O) groups is 2. The molecule has 1 aliphatic carbocycles. The Labute approximate surface area is 89.6 Å². The summed E-state index contributed by atoms with van der Waals surface area (Å²) in [7, 11) is 1.54. The molecule has 2 atom stereocenters. The van der Waals surface area contributed by atoms with E-state index in [1.165, 1.54) is 11.8 Å². The monoisotopic (exact) mass is 211 g/mol. The zero-order valence-corrected chi connectivity index (χ0v) is 9.14. The Morgan fingerprint density at radius 1 is 1.60 bits per heavy atom. The summed E-state index contributed by atoms with van der Waals surface area (Å²) in [6.07, 6.45) is 6.55. The quantitative estimate of drug-likeness (QED) is 0.712. The summed E-state index contributed by atoms with van der Waals surface area (Å²) < 4.78 is 0. The van der Waals surface area contributed by atoms with Crippen LogP contribution in [0.1, 0.15) is 26.2 Å². The molecule has 0 aromatic carbocycles. The van der Waals surface area contributed by atoms with Crippen LogP contribution < -0.4 is 0 Å². The molecule has 4 heteroatoms. The maximum Gasteiger partial charge on any atom is 0.326 e. The van der Waals surface area contributed by atoms with Crippen molar-refractivity contribution in [1.29, 1.82) is 0 Å². The molecule has 4 nitrogen and oxygen atoms in total. The van der Waals surface area contributed by atoms with Crippen LogP contribution in [0.4, 0.5) is 0 Å². The van der Waals surface area contributed by atoms with Gasteiger partial charge in [-0.3, -0.25) is 4.79 Å². The molecule has 15 heavy (non-hydrogen) atoms. The fourth-order valence-corrected chi connectivity index (χ4v) is 1.62. The number of hydrogen-bond donors (Lipinski definition) is 1. The van der Waals surface area contributed by atoms with Crippen LogP contribution in [-0.4, -0.2) is 35.0 Å². The van der Waals surface area contributed by atoms with Crippen LogP contribution >= 0.6 is 0 Å². The lowest BCUT2D eigenvalue weighted by Gasteiger charge is -2.22. The number of carboxylic acids is 1. The number of carboxylic acid groups (broad SMARTS) is 1. The smallest absolute Gasteiger partial charge is 0.326 e. The second-order valence-corrected chi connectivity index (χ2v) is 3.99. The molecule has 84 valence electrons.